The van der Waals surface area contributed by atoms with Crippen LogP contribution >= 0.6 is 0 Å². The molecule has 0 unspecified atom stereocenters. The zero-order valence-corrected chi connectivity index (χ0v) is 15.4. The highest BCUT2D eigenvalue weighted by Gasteiger charge is 2.33. The molecular formula is C21H20N2O5. The van der Waals surface area contributed by atoms with Crippen LogP contribution in [-0.2, 0) is 9.59 Å². The Kier molecular flexibility index (Phi) is 4.73. The van der Waals surface area contributed by atoms with Crippen LogP contribution in [0, 0.1) is 6.92 Å². The second-order valence-corrected chi connectivity index (χ2v) is 6.88. The Hall–Kier alpha value is -3.35. The van der Waals surface area contributed by atoms with E-state index < -0.39 is 5.97 Å². The smallest absolute Gasteiger partial charge is 0.303 e. The van der Waals surface area contributed by atoms with E-state index in [2.05, 4.69) is 5.10 Å². The molecule has 1 atom stereocenters. The van der Waals surface area contributed by atoms with Crippen molar-refractivity contribution in [2.24, 2.45) is 5.10 Å². The lowest BCUT2D eigenvalue weighted by molar-refractivity contribution is -0.141. The van der Waals surface area contributed by atoms with Crippen LogP contribution < -0.4 is 9.47 Å². The van der Waals surface area contributed by atoms with Crippen LogP contribution in [0.4, 0.5) is 0 Å². The quantitative estimate of drug-likeness (QED) is 0.860. The topological polar surface area (TPSA) is 88.4 Å². The van der Waals surface area contributed by atoms with Gasteiger partial charge in [-0.15, -0.1) is 0 Å². The van der Waals surface area contributed by atoms with Crippen molar-refractivity contribution >= 4 is 17.6 Å². The average molecular weight is 380 g/mol. The summed E-state index contributed by atoms with van der Waals surface area (Å²) in [6, 6.07) is 13.3. The Balaban J connectivity index is 1.65. The predicted octanol–water partition coefficient (Wildman–Crippen LogP) is 3.27. The lowest BCUT2D eigenvalue weighted by atomic mass is 9.97. The van der Waals surface area contributed by atoms with E-state index in [9.17, 15) is 9.59 Å². The summed E-state index contributed by atoms with van der Waals surface area (Å²) < 4.78 is 10.8. The van der Waals surface area contributed by atoms with Gasteiger partial charge in [-0.25, -0.2) is 5.01 Å². The van der Waals surface area contributed by atoms with Gasteiger partial charge in [0.1, 0.15) is 0 Å². The van der Waals surface area contributed by atoms with E-state index in [0.717, 1.165) is 22.4 Å². The van der Waals surface area contributed by atoms with Gasteiger partial charge in [-0.2, -0.15) is 5.10 Å². The van der Waals surface area contributed by atoms with Crippen LogP contribution in [-0.4, -0.2) is 34.5 Å². The molecule has 1 amide bonds. The third-order valence-electron chi connectivity index (χ3n) is 4.85. The van der Waals surface area contributed by atoms with Crippen molar-refractivity contribution in [3.05, 3.63) is 59.2 Å². The number of hydrogen-bond acceptors (Lipinski definition) is 5. The van der Waals surface area contributed by atoms with Gasteiger partial charge in [-0.3, -0.25) is 9.59 Å². The van der Waals surface area contributed by atoms with E-state index in [4.69, 9.17) is 14.6 Å². The molecule has 0 fully saturated rings. The van der Waals surface area contributed by atoms with Crippen molar-refractivity contribution in [2.75, 3.05) is 6.79 Å². The summed E-state index contributed by atoms with van der Waals surface area (Å²) in [6.07, 6.45) is 0.238. The van der Waals surface area contributed by atoms with E-state index in [1.54, 1.807) is 0 Å². The van der Waals surface area contributed by atoms with Crippen molar-refractivity contribution in [1.29, 1.82) is 0 Å². The van der Waals surface area contributed by atoms with E-state index in [0.29, 0.717) is 17.9 Å². The number of hydrazone groups is 1. The van der Waals surface area contributed by atoms with E-state index in [1.165, 1.54) is 5.01 Å². The second kappa shape index (κ2) is 7.34. The third kappa shape index (κ3) is 3.55. The minimum absolute atomic E-state index is 0.0877. The van der Waals surface area contributed by atoms with Crippen LogP contribution in [0.25, 0.3) is 0 Å². The maximum atomic E-state index is 12.7. The summed E-state index contributed by atoms with van der Waals surface area (Å²) in [4.78, 5) is 23.6. The summed E-state index contributed by atoms with van der Waals surface area (Å²) in [5, 5.41) is 14.9. The summed E-state index contributed by atoms with van der Waals surface area (Å²) in [5.74, 6) is 0.0409. The van der Waals surface area contributed by atoms with E-state index in [-0.39, 0.29) is 31.6 Å². The number of fused-ring (bicyclic) bond motifs is 1. The van der Waals surface area contributed by atoms with Gasteiger partial charge in [0.05, 0.1) is 18.2 Å². The van der Waals surface area contributed by atoms with Gasteiger partial charge in [0.2, 0.25) is 12.7 Å². The Morgan fingerprint density at radius 2 is 1.96 bits per heavy atom. The summed E-state index contributed by atoms with van der Waals surface area (Å²) >= 11 is 0. The molecule has 2 heterocycles. The number of nitrogens with zero attached hydrogens (tertiary/aromatic N) is 2. The number of hydrogen-bond donors (Lipinski definition) is 1. The van der Waals surface area contributed by atoms with Gasteiger partial charge in [-0.05, 0) is 30.7 Å². The Bertz CT molecular complexity index is 969. The molecule has 0 bridgehead atoms. The molecule has 0 radical (unpaired) electrons. The van der Waals surface area contributed by atoms with E-state index in [1.807, 2.05) is 49.4 Å². The molecule has 28 heavy (non-hydrogen) atoms. The fraction of sp³-hybridized carbons (Fsp3) is 0.286. The molecule has 0 saturated carbocycles. The van der Waals surface area contributed by atoms with Crippen molar-refractivity contribution in [3.63, 3.8) is 0 Å². The number of benzene rings is 2. The average Bonchev–Trinajstić information content (AvgIpc) is 3.32. The molecule has 4 rings (SSSR count). The Labute approximate surface area is 162 Å². The SMILES string of the molecule is Cc1cccc([C@H]2CC(c3ccc4c(c3)OCO4)=NN2C(=O)CCC(=O)O)c1. The Morgan fingerprint density at radius 1 is 1.14 bits per heavy atom. The molecule has 0 saturated heterocycles. The van der Waals surface area contributed by atoms with Gasteiger partial charge >= 0.3 is 5.97 Å². The van der Waals surface area contributed by atoms with E-state index >= 15 is 0 Å². The number of amides is 1. The van der Waals surface area contributed by atoms with Gasteiger partial charge in [0.25, 0.3) is 0 Å². The maximum absolute atomic E-state index is 12.7. The number of rotatable bonds is 5. The van der Waals surface area contributed by atoms with Crippen molar-refractivity contribution in [1.82, 2.24) is 5.01 Å². The van der Waals surface area contributed by atoms with Crippen LogP contribution in [0.3, 0.4) is 0 Å². The fourth-order valence-corrected chi connectivity index (χ4v) is 3.46. The van der Waals surface area contributed by atoms with Crippen molar-refractivity contribution in [2.45, 2.75) is 32.2 Å². The lowest BCUT2D eigenvalue weighted by Gasteiger charge is -2.22. The Morgan fingerprint density at radius 3 is 2.75 bits per heavy atom. The zero-order valence-electron chi connectivity index (χ0n) is 15.4. The van der Waals surface area contributed by atoms with Gasteiger partial charge in [-0.1, -0.05) is 29.8 Å². The minimum Gasteiger partial charge on any atom is -0.481 e. The number of ether oxygens (including phenoxy) is 2. The number of aliphatic carboxylic acids is 1. The summed E-state index contributed by atoms with van der Waals surface area (Å²) in [7, 11) is 0. The zero-order chi connectivity index (χ0) is 19.7. The molecule has 0 spiro atoms. The third-order valence-corrected chi connectivity index (χ3v) is 4.85. The molecule has 0 aliphatic carbocycles. The molecule has 144 valence electrons. The van der Waals surface area contributed by atoms with Crippen LogP contribution in [0.1, 0.15) is 42.0 Å². The molecule has 7 heteroatoms. The summed E-state index contributed by atoms with van der Waals surface area (Å²) in [6.45, 7) is 2.19. The predicted molar refractivity (Wildman–Crippen MR) is 101 cm³/mol. The molecule has 2 aliphatic rings. The number of carboxylic acid groups (broad SMARTS) is 1. The largest absolute Gasteiger partial charge is 0.481 e. The highest BCUT2D eigenvalue weighted by molar-refractivity contribution is 6.03. The number of carbonyl (C=O) groups excluding carboxylic acids is 1. The minimum atomic E-state index is -1.00. The monoisotopic (exact) mass is 380 g/mol. The summed E-state index contributed by atoms with van der Waals surface area (Å²) in [5.41, 5.74) is 3.68. The van der Waals surface area contributed by atoms with Gasteiger partial charge in [0, 0.05) is 18.4 Å². The standard InChI is InChI=1S/C21H20N2O5/c1-13-3-2-4-15(9-13)17-11-16(22-23(17)20(24)7-8-21(25)26)14-5-6-18-19(10-14)28-12-27-18/h2-6,9-10,17H,7-8,11-12H2,1H3,(H,25,26)/t17-/m1/s1. The first-order chi connectivity index (χ1) is 13.5. The first-order valence-corrected chi connectivity index (χ1v) is 9.09. The van der Waals surface area contributed by atoms with Crippen LogP contribution in [0.2, 0.25) is 0 Å². The highest BCUT2D eigenvalue weighted by atomic mass is 16.7. The van der Waals surface area contributed by atoms with Crippen molar-refractivity contribution in [3.8, 4) is 11.5 Å². The van der Waals surface area contributed by atoms with Gasteiger partial charge < -0.3 is 14.6 Å². The highest BCUT2D eigenvalue weighted by Crippen LogP contribution is 2.37. The number of carbonyl (C=O) groups is 2. The molecule has 2 aromatic carbocycles. The van der Waals surface area contributed by atoms with Crippen molar-refractivity contribution < 1.29 is 24.2 Å². The lowest BCUT2D eigenvalue weighted by Crippen LogP contribution is -2.27. The van der Waals surface area contributed by atoms with Gasteiger partial charge in [0.15, 0.2) is 11.5 Å². The number of carboxylic acids is 1. The molecule has 2 aromatic rings. The fourth-order valence-electron chi connectivity index (χ4n) is 3.46. The normalized spacial score (nSPS) is 17.5. The first-order valence-electron chi connectivity index (χ1n) is 9.09. The van der Waals surface area contributed by atoms with Crippen LogP contribution in [0.15, 0.2) is 47.6 Å². The maximum Gasteiger partial charge on any atom is 0.303 e. The second-order valence-electron chi connectivity index (χ2n) is 6.88. The number of aryl methyl sites for hydroxylation is 1. The first kappa shape index (κ1) is 18.0. The molecule has 1 N–H and O–H groups in total. The van der Waals surface area contributed by atoms with Crippen LogP contribution in [0.5, 0.6) is 11.5 Å². The molecule has 2 aliphatic heterocycles. The molecule has 7 nitrogen and oxygen atoms in total. The molecular weight excluding hydrogens is 360 g/mol. The molecule has 0 aromatic heterocycles.